The highest BCUT2D eigenvalue weighted by Crippen LogP contribution is 2.38. The van der Waals surface area contributed by atoms with Crippen LogP contribution in [0.1, 0.15) is 31.8 Å². The topological polar surface area (TPSA) is 34.1 Å². The second kappa shape index (κ2) is 10.5. The molecule has 0 bridgehead atoms. The molecule has 0 aromatic heterocycles. The third-order valence-corrected chi connectivity index (χ3v) is 7.04. The normalized spacial score (nSPS) is 10.9. The summed E-state index contributed by atoms with van der Waals surface area (Å²) in [5.41, 5.74) is 4.60. The largest absolute Gasteiger partial charge is 0.289 e. The highest BCUT2D eigenvalue weighted by molar-refractivity contribution is 6.26. The van der Waals surface area contributed by atoms with Crippen LogP contribution in [0, 0.1) is 11.6 Å². The predicted octanol–water partition coefficient (Wildman–Crippen LogP) is 8.91. The van der Waals surface area contributed by atoms with E-state index in [0.29, 0.717) is 44.2 Å². The van der Waals surface area contributed by atoms with Gasteiger partial charge in [-0.3, -0.25) is 9.59 Å². The van der Waals surface area contributed by atoms with Crippen molar-refractivity contribution in [2.45, 2.75) is 0 Å². The third-order valence-electron chi connectivity index (χ3n) is 7.04. The van der Waals surface area contributed by atoms with Gasteiger partial charge in [0, 0.05) is 22.3 Å². The van der Waals surface area contributed by atoms with Gasteiger partial charge in [-0.2, -0.15) is 0 Å². The van der Waals surface area contributed by atoms with E-state index in [9.17, 15) is 18.4 Å². The van der Waals surface area contributed by atoms with Crippen molar-refractivity contribution < 1.29 is 18.4 Å². The molecule has 192 valence electrons. The first-order chi connectivity index (χ1) is 19.5. The molecule has 0 saturated carbocycles. The van der Waals surface area contributed by atoms with Gasteiger partial charge in [-0.05, 0) is 81.6 Å². The number of fused-ring (bicyclic) bond motifs is 1. The Labute approximate surface area is 230 Å². The van der Waals surface area contributed by atoms with Crippen LogP contribution in [-0.4, -0.2) is 11.6 Å². The number of carbonyl (C=O) groups is 2. The van der Waals surface area contributed by atoms with Crippen LogP contribution in [0.5, 0.6) is 0 Å². The highest BCUT2D eigenvalue weighted by Gasteiger charge is 2.24. The Morgan fingerprint density at radius 1 is 0.400 bits per heavy atom. The van der Waals surface area contributed by atoms with Gasteiger partial charge in [-0.1, -0.05) is 84.9 Å². The summed E-state index contributed by atoms with van der Waals surface area (Å²) in [6, 6.07) is 37.4. The maximum Gasteiger partial charge on any atom is 0.194 e. The summed E-state index contributed by atoms with van der Waals surface area (Å²) in [4.78, 5) is 28.1. The molecule has 0 aliphatic carbocycles. The Morgan fingerprint density at radius 2 is 0.750 bits per heavy atom. The maximum absolute atomic E-state index is 14.1. The van der Waals surface area contributed by atoms with Crippen molar-refractivity contribution >= 4 is 22.3 Å². The first-order valence-electron chi connectivity index (χ1n) is 12.8. The molecule has 6 aromatic rings. The zero-order valence-corrected chi connectivity index (χ0v) is 21.3. The van der Waals surface area contributed by atoms with E-state index in [1.807, 2.05) is 84.9 Å². The molecule has 0 N–H and O–H groups in total. The van der Waals surface area contributed by atoms with Gasteiger partial charge in [-0.25, -0.2) is 8.78 Å². The first-order valence-corrected chi connectivity index (χ1v) is 12.8. The third kappa shape index (κ3) is 4.61. The van der Waals surface area contributed by atoms with E-state index in [2.05, 4.69) is 0 Å². The lowest BCUT2D eigenvalue weighted by molar-refractivity contribution is 0.103. The Morgan fingerprint density at radius 3 is 1.10 bits per heavy atom. The maximum atomic E-state index is 14.1. The fourth-order valence-electron chi connectivity index (χ4n) is 5.10. The second-order valence-electron chi connectivity index (χ2n) is 9.48. The summed E-state index contributed by atoms with van der Waals surface area (Å²) in [6.45, 7) is 0. The van der Waals surface area contributed by atoms with Gasteiger partial charge in [0.25, 0.3) is 0 Å². The zero-order chi connectivity index (χ0) is 27.6. The fraction of sp³-hybridized carbons (Fsp3) is 0. The summed E-state index contributed by atoms with van der Waals surface area (Å²) in [5.74, 6) is -1.43. The molecular formula is C36H22F2O2. The van der Waals surface area contributed by atoms with Crippen LogP contribution in [-0.2, 0) is 0 Å². The lowest BCUT2D eigenvalue weighted by Crippen LogP contribution is -2.09. The van der Waals surface area contributed by atoms with Crippen LogP contribution >= 0.6 is 0 Å². The highest BCUT2D eigenvalue weighted by atomic mass is 19.1. The molecule has 0 spiro atoms. The fourth-order valence-corrected chi connectivity index (χ4v) is 5.10. The van der Waals surface area contributed by atoms with Gasteiger partial charge < -0.3 is 0 Å². The molecule has 0 fully saturated rings. The van der Waals surface area contributed by atoms with Crippen LogP contribution in [0.25, 0.3) is 33.0 Å². The molecule has 0 amide bonds. The summed E-state index contributed by atoms with van der Waals surface area (Å²) >= 11 is 0. The molecule has 6 aromatic carbocycles. The molecule has 6 rings (SSSR count). The van der Waals surface area contributed by atoms with E-state index in [0.717, 1.165) is 11.1 Å². The van der Waals surface area contributed by atoms with Crippen molar-refractivity contribution in [1.29, 1.82) is 0 Å². The van der Waals surface area contributed by atoms with Crippen molar-refractivity contribution in [1.82, 2.24) is 0 Å². The van der Waals surface area contributed by atoms with E-state index >= 15 is 0 Å². The molecule has 4 heteroatoms. The van der Waals surface area contributed by atoms with Gasteiger partial charge in [-0.15, -0.1) is 0 Å². The lowest BCUT2D eigenvalue weighted by Gasteiger charge is -2.18. The van der Waals surface area contributed by atoms with Crippen LogP contribution in [0.4, 0.5) is 8.78 Å². The van der Waals surface area contributed by atoms with Gasteiger partial charge >= 0.3 is 0 Å². The number of halogens is 2. The molecule has 0 saturated heterocycles. The minimum atomic E-state index is -0.433. The number of hydrogen-bond acceptors (Lipinski definition) is 2. The van der Waals surface area contributed by atoms with Crippen LogP contribution < -0.4 is 0 Å². The minimum Gasteiger partial charge on any atom is -0.289 e. The lowest BCUT2D eigenvalue weighted by atomic mass is 9.84. The Kier molecular flexibility index (Phi) is 6.59. The summed E-state index contributed by atoms with van der Waals surface area (Å²) < 4.78 is 27.4. The standard InChI is InChI=1S/C36H22F2O2/c37-27-15-11-25(12-16-27)35(39)33-29(23-7-3-1-4-8-23)19-21-32-31(33)22-20-30(24-9-5-2-6-10-24)34(32)36(40)26-13-17-28(38)18-14-26/h1-22H. The Hall–Kier alpha value is -5.22. The molecule has 0 heterocycles. The SMILES string of the molecule is O=C(c1ccc(F)cc1)c1c(-c2ccccc2)ccc2c(C(=O)c3ccc(F)cc3)c(-c3ccccc3)ccc12. The number of benzene rings is 6. The first kappa shape index (κ1) is 25.1. The smallest absolute Gasteiger partial charge is 0.194 e. The zero-order valence-electron chi connectivity index (χ0n) is 21.3. The van der Waals surface area contributed by atoms with Crippen LogP contribution in [0.15, 0.2) is 133 Å². The Bertz CT molecular complexity index is 1720. The molecular weight excluding hydrogens is 502 g/mol. The van der Waals surface area contributed by atoms with E-state index in [1.165, 1.54) is 48.5 Å². The molecule has 0 radical (unpaired) electrons. The van der Waals surface area contributed by atoms with Crippen molar-refractivity contribution in [3.05, 3.63) is 167 Å². The average molecular weight is 525 g/mol. The van der Waals surface area contributed by atoms with E-state index < -0.39 is 11.6 Å². The molecule has 40 heavy (non-hydrogen) atoms. The van der Waals surface area contributed by atoms with Gasteiger partial charge in [0.05, 0.1) is 0 Å². The quantitative estimate of drug-likeness (QED) is 0.204. The van der Waals surface area contributed by atoms with Crippen molar-refractivity contribution in [3.63, 3.8) is 0 Å². The summed E-state index contributed by atoms with van der Waals surface area (Å²) in [7, 11) is 0. The second-order valence-corrected chi connectivity index (χ2v) is 9.48. The molecule has 0 atom stereocenters. The monoisotopic (exact) mass is 524 g/mol. The molecule has 0 aliphatic rings. The van der Waals surface area contributed by atoms with Gasteiger partial charge in [0.1, 0.15) is 11.6 Å². The minimum absolute atomic E-state index is 0.280. The van der Waals surface area contributed by atoms with Crippen molar-refractivity contribution in [3.8, 4) is 22.3 Å². The summed E-state index contributed by atoms with van der Waals surface area (Å²) in [6.07, 6.45) is 0. The number of ketones is 2. The van der Waals surface area contributed by atoms with Crippen molar-refractivity contribution in [2.75, 3.05) is 0 Å². The van der Waals surface area contributed by atoms with Gasteiger partial charge in [0.2, 0.25) is 0 Å². The van der Waals surface area contributed by atoms with Crippen LogP contribution in [0.2, 0.25) is 0 Å². The molecule has 2 nitrogen and oxygen atoms in total. The van der Waals surface area contributed by atoms with Crippen LogP contribution in [0.3, 0.4) is 0 Å². The number of carbonyl (C=O) groups excluding carboxylic acids is 2. The summed E-state index contributed by atoms with van der Waals surface area (Å²) in [5, 5.41) is 1.20. The van der Waals surface area contributed by atoms with E-state index in [-0.39, 0.29) is 11.6 Å². The number of hydrogen-bond donors (Lipinski definition) is 0. The number of rotatable bonds is 6. The van der Waals surface area contributed by atoms with E-state index in [1.54, 1.807) is 0 Å². The molecule has 0 unspecified atom stereocenters. The Balaban J connectivity index is 1.68. The van der Waals surface area contributed by atoms with Gasteiger partial charge in [0.15, 0.2) is 11.6 Å². The van der Waals surface area contributed by atoms with E-state index in [4.69, 9.17) is 0 Å². The average Bonchev–Trinajstić information content (AvgIpc) is 3.01. The predicted molar refractivity (Wildman–Crippen MR) is 154 cm³/mol. The van der Waals surface area contributed by atoms with Crippen molar-refractivity contribution in [2.24, 2.45) is 0 Å². The molecule has 0 aliphatic heterocycles.